The molecule has 0 radical (unpaired) electrons. The molecule has 34 heavy (non-hydrogen) atoms. The van der Waals surface area contributed by atoms with Crippen molar-refractivity contribution in [3.8, 4) is 17.2 Å². The molecule has 0 aliphatic heterocycles. The van der Waals surface area contributed by atoms with Gasteiger partial charge in [-0.25, -0.2) is 0 Å². The quantitative estimate of drug-likeness (QED) is 0.258. The lowest BCUT2D eigenvalue weighted by Gasteiger charge is -2.13. The van der Waals surface area contributed by atoms with Gasteiger partial charge >= 0.3 is 5.82 Å². The molecule has 1 N–H and O–H groups in total. The van der Waals surface area contributed by atoms with Crippen molar-refractivity contribution in [3.05, 3.63) is 68.8 Å². The Hall–Kier alpha value is -3.60. The lowest BCUT2D eigenvalue weighted by Crippen LogP contribution is -2.14. The minimum atomic E-state index is -0.585. The van der Waals surface area contributed by atoms with E-state index in [4.69, 9.17) is 14.2 Å². The van der Waals surface area contributed by atoms with E-state index < -0.39 is 4.92 Å². The number of carbonyl (C=O) groups is 1. The molecule has 0 bridgehead atoms. The molecule has 0 aliphatic rings. The summed E-state index contributed by atoms with van der Waals surface area (Å²) >= 11 is 3.08. The number of amides is 1. The second kappa shape index (κ2) is 12.0. The predicted octanol–water partition coefficient (Wildman–Crippen LogP) is 4.96. The molecule has 11 heteroatoms. The van der Waals surface area contributed by atoms with Crippen LogP contribution in [0.3, 0.4) is 0 Å². The zero-order chi connectivity index (χ0) is 24.5. The van der Waals surface area contributed by atoms with E-state index in [0.29, 0.717) is 42.8 Å². The third-order valence-corrected chi connectivity index (χ3v) is 5.15. The van der Waals surface area contributed by atoms with Gasteiger partial charge in [-0.3, -0.25) is 4.79 Å². The van der Waals surface area contributed by atoms with Crippen LogP contribution in [0.4, 0.5) is 11.5 Å². The van der Waals surface area contributed by atoms with Crippen molar-refractivity contribution in [1.29, 1.82) is 0 Å². The summed E-state index contributed by atoms with van der Waals surface area (Å²) in [6.45, 7) is 5.50. The van der Waals surface area contributed by atoms with Gasteiger partial charge in [0.2, 0.25) is 5.91 Å². The molecule has 180 valence electrons. The van der Waals surface area contributed by atoms with Crippen LogP contribution in [0.2, 0.25) is 0 Å². The van der Waals surface area contributed by atoms with Gasteiger partial charge in [0.1, 0.15) is 16.8 Å². The smallest absolute Gasteiger partial charge is 0.404 e. The van der Waals surface area contributed by atoms with Crippen molar-refractivity contribution < 1.29 is 23.9 Å². The lowest BCUT2D eigenvalue weighted by atomic mass is 10.2. The highest BCUT2D eigenvalue weighted by Gasteiger charge is 2.18. The van der Waals surface area contributed by atoms with E-state index in [1.54, 1.807) is 24.3 Å². The maximum absolute atomic E-state index is 12.2. The van der Waals surface area contributed by atoms with Crippen LogP contribution in [0.1, 0.15) is 25.8 Å². The number of aromatic nitrogens is 2. The number of rotatable bonds is 12. The Labute approximate surface area is 205 Å². The summed E-state index contributed by atoms with van der Waals surface area (Å²) in [6.07, 6.45) is 1.59. The fourth-order valence-electron chi connectivity index (χ4n) is 3.05. The Morgan fingerprint density at radius 3 is 2.44 bits per heavy atom. The van der Waals surface area contributed by atoms with Gasteiger partial charge in [0.25, 0.3) is 0 Å². The number of anilines is 1. The number of halogens is 1. The molecule has 1 heterocycles. The number of hydrogen-bond acceptors (Lipinski definition) is 7. The molecule has 3 aromatic rings. The zero-order valence-electron chi connectivity index (χ0n) is 18.8. The minimum absolute atomic E-state index is 0.115. The Balaban J connectivity index is 1.50. The minimum Gasteiger partial charge on any atom is -0.490 e. The van der Waals surface area contributed by atoms with E-state index in [-0.39, 0.29) is 29.2 Å². The van der Waals surface area contributed by atoms with Gasteiger partial charge in [-0.05, 0) is 76.7 Å². The summed E-state index contributed by atoms with van der Waals surface area (Å²) in [7, 11) is 0. The summed E-state index contributed by atoms with van der Waals surface area (Å²) in [5, 5.41) is 17.5. The summed E-state index contributed by atoms with van der Waals surface area (Å²) < 4.78 is 18.7. The molecule has 1 aromatic heterocycles. The standard InChI is InChI=1S/C23H25BrN4O6/c1-3-32-20-10-5-16(13-21(20)33-4-2)15-34-18-8-6-17(7-9-18)25-22(29)11-12-27-14-19(24)23(26-27)28(30)31/h5-10,13-14H,3-4,11-12,15H2,1-2H3,(H,25,29). The summed E-state index contributed by atoms with van der Waals surface area (Å²) in [4.78, 5) is 22.5. The molecular weight excluding hydrogens is 508 g/mol. The molecule has 3 rings (SSSR count). The van der Waals surface area contributed by atoms with Gasteiger partial charge in [-0.15, -0.1) is 0 Å². The maximum Gasteiger partial charge on any atom is 0.404 e. The third-order valence-electron chi connectivity index (χ3n) is 4.59. The average Bonchev–Trinajstić information content (AvgIpc) is 3.20. The average molecular weight is 533 g/mol. The van der Waals surface area contributed by atoms with Gasteiger partial charge < -0.3 is 29.6 Å². The SMILES string of the molecule is CCOc1ccc(COc2ccc(NC(=O)CCn3cc(Br)c([N+](=O)[O-])n3)cc2)cc1OCC. The molecule has 0 spiro atoms. The van der Waals surface area contributed by atoms with Crippen molar-refractivity contribution in [1.82, 2.24) is 9.78 Å². The van der Waals surface area contributed by atoms with Gasteiger partial charge in [0.05, 0.1) is 31.1 Å². The number of aryl methyl sites for hydroxylation is 1. The molecule has 0 aliphatic carbocycles. The first-order chi connectivity index (χ1) is 16.4. The topological polar surface area (TPSA) is 118 Å². The first-order valence-corrected chi connectivity index (χ1v) is 11.5. The normalized spacial score (nSPS) is 10.6. The predicted molar refractivity (Wildman–Crippen MR) is 129 cm³/mol. The van der Waals surface area contributed by atoms with E-state index in [1.165, 1.54) is 10.9 Å². The van der Waals surface area contributed by atoms with E-state index in [2.05, 4.69) is 26.3 Å². The molecule has 0 saturated carbocycles. The van der Waals surface area contributed by atoms with E-state index in [9.17, 15) is 14.9 Å². The number of nitro groups is 1. The van der Waals surface area contributed by atoms with Crippen molar-refractivity contribution in [2.45, 2.75) is 33.4 Å². The molecule has 2 aromatic carbocycles. The molecule has 1 amide bonds. The molecule has 0 atom stereocenters. The van der Waals surface area contributed by atoms with Crippen molar-refractivity contribution in [3.63, 3.8) is 0 Å². The van der Waals surface area contributed by atoms with Crippen molar-refractivity contribution >= 4 is 33.3 Å². The van der Waals surface area contributed by atoms with Crippen LogP contribution in [0.25, 0.3) is 0 Å². The van der Waals surface area contributed by atoms with Gasteiger partial charge in [0, 0.05) is 12.1 Å². The zero-order valence-corrected chi connectivity index (χ0v) is 20.4. The number of ether oxygens (including phenoxy) is 3. The number of nitrogens with zero attached hydrogens (tertiary/aromatic N) is 3. The fraction of sp³-hybridized carbons (Fsp3) is 0.304. The Bertz CT molecular complexity index is 1130. The number of carbonyl (C=O) groups excluding carboxylic acids is 1. The first kappa shape index (κ1) is 25.0. The molecule has 0 unspecified atom stereocenters. The van der Waals surface area contributed by atoms with Gasteiger partial charge in [0.15, 0.2) is 11.5 Å². The largest absolute Gasteiger partial charge is 0.490 e. The van der Waals surface area contributed by atoms with Crippen LogP contribution in [0.5, 0.6) is 17.2 Å². The maximum atomic E-state index is 12.2. The van der Waals surface area contributed by atoms with E-state index >= 15 is 0 Å². The second-order valence-electron chi connectivity index (χ2n) is 7.08. The Morgan fingerprint density at radius 2 is 1.79 bits per heavy atom. The van der Waals surface area contributed by atoms with Crippen LogP contribution in [0.15, 0.2) is 53.1 Å². The van der Waals surface area contributed by atoms with Crippen LogP contribution in [-0.2, 0) is 17.9 Å². The van der Waals surface area contributed by atoms with Crippen molar-refractivity contribution in [2.75, 3.05) is 18.5 Å². The van der Waals surface area contributed by atoms with Crippen LogP contribution < -0.4 is 19.5 Å². The van der Waals surface area contributed by atoms with Crippen LogP contribution in [-0.4, -0.2) is 33.8 Å². The molecule has 10 nitrogen and oxygen atoms in total. The van der Waals surface area contributed by atoms with Gasteiger partial charge in [-0.1, -0.05) is 6.07 Å². The number of nitrogens with one attached hydrogen (secondary N) is 1. The summed E-state index contributed by atoms with van der Waals surface area (Å²) in [5.74, 6) is 1.52. The third kappa shape index (κ3) is 6.95. The fourth-order valence-corrected chi connectivity index (χ4v) is 3.51. The van der Waals surface area contributed by atoms with Gasteiger partial charge in [-0.2, -0.15) is 4.68 Å². The lowest BCUT2D eigenvalue weighted by molar-refractivity contribution is -0.390. The van der Waals surface area contributed by atoms with E-state index in [1.807, 2.05) is 32.0 Å². The first-order valence-electron chi connectivity index (χ1n) is 10.7. The van der Waals surface area contributed by atoms with Crippen LogP contribution in [0, 0.1) is 10.1 Å². The second-order valence-corrected chi connectivity index (χ2v) is 7.93. The Morgan fingerprint density at radius 1 is 1.09 bits per heavy atom. The molecule has 0 fully saturated rings. The number of benzene rings is 2. The monoisotopic (exact) mass is 532 g/mol. The Kier molecular flexibility index (Phi) is 8.86. The van der Waals surface area contributed by atoms with E-state index in [0.717, 1.165) is 5.56 Å². The van der Waals surface area contributed by atoms with Crippen LogP contribution >= 0.6 is 15.9 Å². The highest BCUT2D eigenvalue weighted by atomic mass is 79.9. The number of hydrogen-bond donors (Lipinski definition) is 1. The molecule has 0 saturated heterocycles. The summed E-state index contributed by atoms with van der Waals surface area (Å²) in [6, 6.07) is 12.7. The van der Waals surface area contributed by atoms with Crippen molar-refractivity contribution in [2.24, 2.45) is 0 Å². The highest BCUT2D eigenvalue weighted by Crippen LogP contribution is 2.29. The highest BCUT2D eigenvalue weighted by molar-refractivity contribution is 9.10. The summed E-state index contributed by atoms with van der Waals surface area (Å²) in [5.41, 5.74) is 1.56. The molecular formula is C23H25BrN4O6.